The van der Waals surface area contributed by atoms with Crippen LogP contribution in [0.15, 0.2) is 71.5 Å². The van der Waals surface area contributed by atoms with Gasteiger partial charge in [-0.1, -0.05) is 11.6 Å². The molecular weight excluding hydrogens is 445 g/mol. The van der Waals surface area contributed by atoms with Crippen molar-refractivity contribution < 1.29 is 18.7 Å². The van der Waals surface area contributed by atoms with Gasteiger partial charge in [0.2, 0.25) is 5.43 Å². The van der Waals surface area contributed by atoms with Crippen molar-refractivity contribution in [3.8, 4) is 22.8 Å². The molecule has 4 rings (SSSR count). The molecule has 0 atom stereocenters. The molecular formula is C26H21ClFNO4. The van der Waals surface area contributed by atoms with Crippen molar-refractivity contribution in [1.82, 2.24) is 4.57 Å². The predicted molar refractivity (Wildman–Crippen MR) is 127 cm³/mol. The molecule has 33 heavy (non-hydrogen) atoms. The van der Waals surface area contributed by atoms with Crippen LogP contribution in [0.5, 0.6) is 11.5 Å². The lowest BCUT2D eigenvalue weighted by Gasteiger charge is -2.18. The van der Waals surface area contributed by atoms with Crippen LogP contribution in [0.25, 0.3) is 22.2 Å². The number of aromatic nitrogens is 1. The minimum absolute atomic E-state index is 0.0216. The lowest BCUT2D eigenvalue weighted by Crippen LogP contribution is -2.18. The molecule has 0 aliphatic rings. The van der Waals surface area contributed by atoms with Gasteiger partial charge < -0.3 is 14.0 Å². The molecule has 0 unspecified atom stereocenters. The van der Waals surface area contributed by atoms with Gasteiger partial charge in [-0.15, -0.1) is 0 Å². The first-order chi connectivity index (χ1) is 15.8. The fourth-order valence-corrected chi connectivity index (χ4v) is 3.80. The largest absolute Gasteiger partial charge is 0.490 e. The van der Waals surface area contributed by atoms with Gasteiger partial charge in [0.05, 0.1) is 11.2 Å². The number of halogens is 2. The van der Waals surface area contributed by atoms with E-state index >= 15 is 0 Å². The maximum atomic E-state index is 13.5. The van der Waals surface area contributed by atoms with E-state index in [-0.39, 0.29) is 36.0 Å². The Morgan fingerprint density at radius 3 is 2.30 bits per heavy atom. The summed E-state index contributed by atoms with van der Waals surface area (Å²) >= 11 is 6.16. The summed E-state index contributed by atoms with van der Waals surface area (Å²) in [4.78, 5) is 24.7. The summed E-state index contributed by atoms with van der Waals surface area (Å²) < 4.78 is 26.9. The molecule has 7 heteroatoms. The third kappa shape index (κ3) is 4.76. The van der Waals surface area contributed by atoms with Gasteiger partial charge in [-0.25, -0.2) is 4.39 Å². The standard InChI is InChI=1S/C26H21ClFNO4/c1-16(30)17-5-10-21(11-6-17)32-13-14-33-26-24(18-3-8-20(28)9-4-18)29(2)23-15-19(27)7-12-22(23)25(26)31/h3-12,15H,13-14H2,1-2H3. The van der Waals surface area contributed by atoms with Gasteiger partial charge in [0.25, 0.3) is 0 Å². The number of pyridine rings is 1. The van der Waals surface area contributed by atoms with Crippen molar-refractivity contribution in [3.63, 3.8) is 0 Å². The number of Topliss-reactive ketones (excluding diaryl/α,β-unsaturated/α-hetero) is 1. The molecule has 168 valence electrons. The summed E-state index contributed by atoms with van der Waals surface area (Å²) in [7, 11) is 1.80. The monoisotopic (exact) mass is 465 g/mol. The summed E-state index contributed by atoms with van der Waals surface area (Å²) in [6, 6.07) is 17.7. The number of benzene rings is 3. The summed E-state index contributed by atoms with van der Waals surface area (Å²) in [5.41, 5.74) is 2.10. The van der Waals surface area contributed by atoms with Crippen LogP contribution < -0.4 is 14.9 Å². The molecule has 0 bridgehead atoms. The summed E-state index contributed by atoms with van der Waals surface area (Å²) in [6.45, 7) is 1.79. The van der Waals surface area contributed by atoms with Crippen LogP contribution >= 0.6 is 11.6 Å². The molecule has 0 aliphatic carbocycles. The molecule has 0 fully saturated rings. The fraction of sp³-hybridized carbons (Fsp3) is 0.154. The van der Waals surface area contributed by atoms with Gasteiger partial charge in [0, 0.05) is 28.6 Å². The van der Waals surface area contributed by atoms with E-state index < -0.39 is 0 Å². The van der Waals surface area contributed by atoms with Crippen LogP contribution in [0.1, 0.15) is 17.3 Å². The van der Waals surface area contributed by atoms with Gasteiger partial charge in [-0.05, 0) is 73.7 Å². The molecule has 1 aromatic heterocycles. The van der Waals surface area contributed by atoms with Crippen LogP contribution in [0.4, 0.5) is 4.39 Å². The van der Waals surface area contributed by atoms with Crippen molar-refractivity contribution in [2.45, 2.75) is 6.92 Å². The number of nitrogens with zero attached hydrogens (tertiary/aromatic N) is 1. The molecule has 0 aliphatic heterocycles. The number of rotatable bonds is 7. The van der Waals surface area contributed by atoms with E-state index in [1.807, 2.05) is 4.57 Å². The van der Waals surface area contributed by atoms with Crippen molar-refractivity contribution in [3.05, 3.63) is 93.4 Å². The second kappa shape index (κ2) is 9.46. The summed E-state index contributed by atoms with van der Waals surface area (Å²) in [5.74, 6) is 0.337. The number of hydrogen-bond donors (Lipinski definition) is 0. The molecule has 1 heterocycles. The molecule has 0 N–H and O–H groups in total. The molecule has 0 amide bonds. The maximum absolute atomic E-state index is 13.5. The number of hydrogen-bond acceptors (Lipinski definition) is 4. The first-order valence-electron chi connectivity index (χ1n) is 10.3. The first-order valence-corrected chi connectivity index (χ1v) is 10.7. The molecule has 5 nitrogen and oxygen atoms in total. The predicted octanol–water partition coefficient (Wildman–Crippen LogP) is 5.66. The first kappa shape index (κ1) is 22.6. The van der Waals surface area contributed by atoms with E-state index in [4.69, 9.17) is 21.1 Å². The van der Waals surface area contributed by atoms with Gasteiger partial charge in [-0.2, -0.15) is 0 Å². The highest BCUT2D eigenvalue weighted by molar-refractivity contribution is 6.31. The van der Waals surface area contributed by atoms with Crippen LogP contribution in [-0.4, -0.2) is 23.6 Å². The Hall–Kier alpha value is -3.64. The zero-order chi connectivity index (χ0) is 23.5. The third-order valence-corrected chi connectivity index (χ3v) is 5.53. The van der Waals surface area contributed by atoms with Crippen LogP contribution in [0.2, 0.25) is 5.02 Å². The molecule has 0 radical (unpaired) electrons. The Balaban J connectivity index is 1.64. The fourth-order valence-electron chi connectivity index (χ4n) is 3.63. The number of fused-ring (bicyclic) bond motifs is 1. The van der Waals surface area contributed by atoms with Crippen LogP contribution in [0.3, 0.4) is 0 Å². The normalized spacial score (nSPS) is 10.9. The Bertz CT molecular complexity index is 1380. The van der Waals surface area contributed by atoms with Crippen molar-refractivity contribution in [2.24, 2.45) is 7.05 Å². The van der Waals surface area contributed by atoms with E-state index in [1.54, 1.807) is 61.6 Å². The summed E-state index contributed by atoms with van der Waals surface area (Å²) in [5, 5.41) is 0.962. The highest BCUT2D eigenvalue weighted by Crippen LogP contribution is 2.31. The zero-order valence-electron chi connectivity index (χ0n) is 18.1. The van der Waals surface area contributed by atoms with E-state index in [1.165, 1.54) is 19.1 Å². The molecule has 0 saturated heterocycles. The lowest BCUT2D eigenvalue weighted by atomic mass is 10.1. The summed E-state index contributed by atoms with van der Waals surface area (Å²) in [6.07, 6.45) is 0. The van der Waals surface area contributed by atoms with E-state index in [9.17, 15) is 14.0 Å². The molecule has 0 saturated carbocycles. The van der Waals surface area contributed by atoms with Crippen LogP contribution in [-0.2, 0) is 7.05 Å². The molecule has 0 spiro atoms. The minimum Gasteiger partial charge on any atom is -0.490 e. The average Bonchev–Trinajstić information content (AvgIpc) is 2.81. The van der Waals surface area contributed by atoms with Gasteiger partial charge >= 0.3 is 0 Å². The Labute approximate surface area is 195 Å². The number of carbonyl (C=O) groups is 1. The van der Waals surface area contributed by atoms with Crippen LogP contribution in [0, 0.1) is 5.82 Å². The Morgan fingerprint density at radius 1 is 0.970 bits per heavy atom. The second-order valence-electron chi connectivity index (χ2n) is 7.51. The quantitative estimate of drug-likeness (QED) is 0.261. The molecule has 3 aromatic carbocycles. The van der Waals surface area contributed by atoms with Crippen molar-refractivity contribution in [2.75, 3.05) is 13.2 Å². The highest BCUT2D eigenvalue weighted by atomic mass is 35.5. The Morgan fingerprint density at radius 2 is 1.64 bits per heavy atom. The molecule has 4 aromatic rings. The van der Waals surface area contributed by atoms with Crippen molar-refractivity contribution in [1.29, 1.82) is 0 Å². The lowest BCUT2D eigenvalue weighted by molar-refractivity contribution is 0.101. The minimum atomic E-state index is -0.376. The SMILES string of the molecule is CC(=O)c1ccc(OCCOc2c(-c3ccc(F)cc3)n(C)c3cc(Cl)ccc3c2=O)cc1. The number of ketones is 1. The highest BCUT2D eigenvalue weighted by Gasteiger charge is 2.19. The van der Waals surface area contributed by atoms with E-state index in [0.29, 0.717) is 38.5 Å². The van der Waals surface area contributed by atoms with E-state index in [0.717, 1.165) is 0 Å². The topological polar surface area (TPSA) is 57.5 Å². The smallest absolute Gasteiger partial charge is 0.231 e. The zero-order valence-corrected chi connectivity index (χ0v) is 18.9. The maximum Gasteiger partial charge on any atom is 0.231 e. The van der Waals surface area contributed by atoms with Gasteiger partial charge in [-0.3, -0.25) is 9.59 Å². The average molecular weight is 466 g/mol. The van der Waals surface area contributed by atoms with Gasteiger partial charge in [0.1, 0.15) is 24.8 Å². The third-order valence-electron chi connectivity index (χ3n) is 5.30. The number of aryl methyl sites for hydroxylation is 1. The second-order valence-corrected chi connectivity index (χ2v) is 7.95. The van der Waals surface area contributed by atoms with Crippen molar-refractivity contribution >= 4 is 28.3 Å². The van der Waals surface area contributed by atoms with Gasteiger partial charge in [0.15, 0.2) is 11.5 Å². The Kier molecular flexibility index (Phi) is 6.47. The number of ether oxygens (including phenoxy) is 2. The number of carbonyl (C=O) groups excluding carboxylic acids is 1. The van der Waals surface area contributed by atoms with E-state index in [2.05, 4.69) is 0 Å².